The highest BCUT2D eigenvalue weighted by atomic mass is 16.5. The topological polar surface area (TPSA) is 105 Å². The first-order chi connectivity index (χ1) is 14.1. The molecule has 0 aliphatic carbocycles. The predicted molar refractivity (Wildman–Crippen MR) is 104 cm³/mol. The molecule has 2 heterocycles. The van der Waals surface area contributed by atoms with Crippen LogP contribution in [0.1, 0.15) is 17.3 Å². The van der Waals surface area contributed by atoms with Crippen molar-refractivity contribution in [2.45, 2.75) is 6.92 Å². The van der Waals surface area contributed by atoms with Gasteiger partial charge >= 0.3 is 11.6 Å². The van der Waals surface area contributed by atoms with Crippen LogP contribution < -0.4 is 10.4 Å². The Morgan fingerprint density at radius 3 is 2.52 bits per heavy atom. The quantitative estimate of drug-likeness (QED) is 0.374. The third-order valence-corrected chi connectivity index (χ3v) is 4.25. The van der Waals surface area contributed by atoms with E-state index >= 15 is 0 Å². The van der Waals surface area contributed by atoms with E-state index in [-0.39, 0.29) is 35.1 Å². The minimum atomic E-state index is -0.794. The Morgan fingerprint density at radius 2 is 1.79 bits per heavy atom. The van der Waals surface area contributed by atoms with Crippen LogP contribution in [-0.2, 0) is 4.74 Å². The summed E-state index contributed by atoms with van der Waals surface area (Å²) in [7, 11) is 1.49. The molecule has 2 aromatic heterocycles. The number of nitrogens with zero attached hydrogens (tertiary/aromatic N) is 2. The Hall–Kier alpha value is -3.94. The summed E-state index contributed by atoms with van der Waals surface area (Å²) in [5.41, 5.74) is -0.0697. The molecule has 0 N–H and O–H groups in total. The van der Waals surface area contributed by atoms with Crippen LogP contribution in [0.4, 0.5) is 0 Å². The van der Waals surface area contributed by atoms with Crippen molar-refractivity contribution in [2.24, 2.45) is 0 Å². The second kappa shape index (κ2) is 7.59. The Bertz CT molecular complexity index is 1240. The van der Waals surface area contributed by atoms with Crippen LogP contribution >= 0.6 is 0 Å². The number of fused-ring (bicyclic) bond motifs is 1. The monoisotopic (exact) mass is 392 g/mol. The highest BCUT2D eigenvalue weighted by Gasteiger charge is 2.27. The SMILES string of the molecule is CCOC(=O)c1c(-c2nnc(-c3ccccc3)o2)c(=O)oc2cc(OC)ccc12. The predicted octanol–water partition coefficient (Wildman–Crippen LogP) is 3.70. The van der Waals surface area contributed by atoms with Crippen LogP contribution in [0, 0.1) is 0 Å². The van der Waals surface area contributed by atoms with Gasteiger partial charge in [-0.2, -0.15) is 0 Å². The van der Waals surface area contributed by atoms with Gasteiger partial charge in [0.2, 0.25) is 5.89 Å². The molecule has 0 amide bonds. The number of carbonyl (C=O) groups excluding carboxylic acids is 1. The van der Waals surface area contributed by atoms with Gasteiger partial charge in [-0.05, 0) is 31.2 Å². The summed E-state index contributed by atoms with van der Waals surface area (Å²) in [4.78, 5) is 25.5. The summed E-state index contributed by atoms with van der Waals surface area (Å²) >= 11 is 0. The van der Waals surface area contributed by atoms with E-state index < -0.39 is 11.6 Å². The number of ether oxygens (including phenoxy) is 2. The first-order valence-corrected chi connectivity index (χ1v) is 8.83. The molecule has 0 saturated heterocycles. The molecule has 0 radical (unpaired) electrons. The summed E-state index contributed by atoms with van der Waals surface area (Å²) in [6.07, 6.45) is 0. The fraction of sp³-hybridized carbons (Fsp3) is 0.143. The number of hydrogen-bond acceptors (Lipinski definition) is 8. The van der Waals surface area contributed by atoms with Gasteiger partial charge in [0, 0.05) is 17.0 Å². The Labute approximate surface area is 164 Å². The summed E-state index contributed by atoms with van der Waals surface area (Å²) in [6.45, 7) is 1.81. The molecule has 2 aromatic carbocycles. The molecular weight excluding hydrogens is 376 g/mol. The van der Waals surface area contributed by atoms with Gasteiger partial charge in [0.05, 0.1) is 19.3 Å². The Morgan fingerprint density at radius 1 is 1.03 bits per heavy atom. The molecule has 0 saturated carbocycles. The number of esters is 1. The van der Waals surface area contributed by atoms with E-state index in [1.165, 1.54) is 13.2 Å². The molecule has 0 bridgehead atoms. The number of rotatable bonds is 5. The molecule has 0 spiro atoms. The van der Waals surface area contributed by atoms with Crippen molar-refractivity contribution >= 4 is 16.9 Å². The first kappa shape index (κ1) is 18.4. The van der Waals surface area contributed by atoms with Gasteiger partial charge in [-0.1, -0.05) is 18.2 Å². The summed E-state index contributed by atoms with van der Waals surface area (Å²) < 4.78 is 21.4. The highest BCUT2D eigenvalue weighted by Crippen LogP contribution is 2.31. The van der Waals surface area contributed by atoms with Gasteiger partial charge < -0.3 is 18.3 Å². The second-order valence-electron chi connectivity index (χ2n) is 6.00. The molecule has 146 valence electrons. The maximum Gasteiger partial charge on any atom is 0.350 e. The standard InChI is InChI=1S/C21H16N2O6/c1-3-27-20(24)16-14-10-9-13(26-2)11-15(14)28-21(25)17(16)19-23-22-18(29-19)12-7-5-4-6-8-12/h4-11H,3H2,1-2H3. The van der Waals surface area contributed by atoms with Crippen molar-refractivity contribution in [3.8, 4) is 28.7 Å². The lowest BCUT2D eigenvalue weighted by atomic mass is 10.0. The Balaban J connectivity index is 1.95. The summed E-state index contributed by atoms with van der Waals surface area (Å²) in [6, 6.07) is 13.9. The van der Waals surface area contributed by atoms with Crippen LogP contribution in [0.15, 0.2) is 62.2 Å². The number of carbonyl (C=O) groups is 1. The highest BCUT2D eigenvalue weighted by molar-refractivity contribution is 6.08. The minimum Gasteiger partial charge on any atom is -0.497 e. The molecule has 0 atom stereocenters. The van der Waals surface area contributed by atoms with E-state index in [0.29, 0.717) is 16.7 Å². The third kappa shape index (κ3) is 3.36. The smallest absolute Gasteiger partial charge is 0.350 e. The third-order valence-electron chi connectivity index (χ3n) is 4.25. The fourth-order valence-corrected chi connectivity index (χ4v) is 2.94. The van der Waals surface area contributed by atoms with Gasteiger partial charge in [-0.15, -0.1) is 10.2 Å². The van der Waals surface area contributed by atoms with Crippen LogP contribution in [0.5, 0.6) is 5.75 Å². The minimum absolute atomic E-state index is 0.00372. The molecule has 29 heavy (non-hydrogen) atoms. The average Bonchev–Trinajstić information content (AvgIpc) is 3.22. The molecule has 4 aromatic rings. The molecular formula is C21H16N2O6. The normalized spacial score (nSPS) is 10.8. The van der Waals surface area contributed by atoms with E-state index in [1.54, 1.807) is 31.2 Å². The zero-order valence-electron chi connectivity index (χ0n) is 15.7. The van der Waals surface area contributed by atoms with Crippen molar-refractivity contribution in [1.82, 2.24) is 10.2 Å². The molecule has 0 aliphatic rings. The van der Waals surface area contributed by atoms with E-state index in [1.807, 2.05) is 18.2 Å². The van der Waals surface area contributed by atoms with Gasteiger partial charge in [0.15, 0.2) is 0 Å². The summed E-state index contributed by atoms with van der Waals surface area (Å²) in [5.74, 6) is -0.125. The number of aromatic nitrogens is 2. The van der Waals surface area contributed by atoms with Crippen LogP contribution in [-0.4, -0.2) is 29.9 Å². The van der Waals surface area contributed by atoms with Crippen molar-refractivity contribution in [1.29, 1.82) is 0 Å². The number of benzene rings is 2. The largest absolute Gasteiger partial charge is 0.497 e. The van der Waals surface area contributed by atoms with Crippen LogP contribution in [0.25, 0.3) is 33.9 Å². The van der Waals surface area contributed by atoms with Crippen LogP contribution in [0.2, 0.25) is 0 Å². The van der Waals surface area contributed by atoms with Gasteiger partial charge in [-0.25, -0.2) is 9.59 Å². The van der Waals surface area contributed by atoms with Crippen molar-refractivity contribution in [2.75, 3.05) is 13.7 Å². The lowest BCUT2D eigenvalue weighted by Crippen LogP contribution is -2.15. The van der Waals surface area contributed by atoms with Gasteiger partial charge in [0.1, 0.15) is 16.9 Å². The summed E-state index contributed by atoms with van der Waals surface area (Å²) in [5, 5.41) is 8.32. The van der Waals surface area contributed by atoms with E-state index in [2.05, 4.69) is 10.2 Å². The maximum atomic E-state index is 12.8. The lowest BCUT2D eigenvalue weighted by Gasteiger charge is -2.09. The zero-order valence-corrected chi connectivity index (χ0v) is 15.7. The van der Waals surface area contributed by atoms with Crippen molar-refractivity contribution in [3.63, 3.8) is 0 Å². The molecule has 8 heteroatoms. The molecule has 0 fully saturated rings. The second-order valence-corrected chi connectivity index (χ2v) is 6.00. The van der Waals surface area contributed by atoms with Crippen molar-refractivity contribution < 1.29 is 23.1 Å². The van der Waals surface area contributed by atoms with Crippen LogP contribution in [0.3, 0.4) is 0 Å². The maximum absolute atomic E-state index is 12.8. The van der Waals surface area contributed by atoms with Gasteiger partial charge in [-0.3, -0.25) is 0 Å². The van der Waals surface area contributed by atoms with E-state index in [0.717, 1.165) is 0 Å². The number of hydrogen-bond donors (Lipinski definition) is 0. The molecule has 8 nitrogen and oxygen atoms in total. The molecule has 4 rings (SSSR count). The van der Waals surface area contributed by atoms with E-state index in [4.69, 9.17) is 18.3 Å². The van der Waals surface area contributed by atoms with Gasteiger partial charge in [0.25, 0.3) is 5.89 Å². The molecule has 0 unspecified atom stereocenters. The lowest BCUT2D eigenvalue weighted by molar-refractivity contribution is 0.0528. The Kier molecular flexibility index (Phi) is 4.82. The number of methoxy groups -OCH3 is 1. The van der Waals surface area contributed by atoms with Crippen molar-refractivity contribution in [3.05, 3.63) is 64.5 Å². The first-order valence-electron chi connectivity index (χ1n) is 8.83. The zero-order chi connectivity index (χ0) is 20.4. The van der Waals surface area contributed by atoms with E-state index in [9.17, 15) is 9.59 Å². The average molecular weight is 392 g/mol. The molecule has 0 aliphatic heterocycles. The fourth-order valence-electron chi connectivity index (χ4n) is 2.94.